The predicted octanol–water partition coefficient (Wildman–Crippen LogP) is 5.41. The van der Waals surface area contributed by atoms with Crippen molar-refractivity contribution >= 4 is 43.2 Å². The van der Waals surface area contributed by atoms with E-state index >= 15 is 0 Å². The SMILES string of the molecule is Cc1cc(Br)cc(CNC2CC2)c1OCc1ccc(Br)s1. The number of hydrogen-bond acceptors (Lipinski definition) is 3. The molecular formula is C16H17Br2NOS. The molecule has 1 N–H and O–H groups in total. The molecule has 1 saturated carbocycles. The van der Waals surface area contributed by atoms with Crippen molar-refractivity contribution < 1.29 is 4.74 Å². The third-order valence-electron chi connectivity index (χ3n) is 3.46. The van der Waals surface area contributed by atoms with Crippen LogP contribution in [0.3, 0.4) is 0 Å². The second-order valence-electron chi connectivity index (χ2n) is 5.36. The molecule has 2 aromatic rings. The standard InChI is InChI=1S/C16H17Br2NOS/c1-10-6-12(17)7-11(8-19-13-2-3-13)16(10)20-9-14-4-5-15(18)21-14/h4-7,13,19H,2-3,8-9H2,1H3. The first-order valence-corrected chi connectivity index (χ1v) is 9.41. The lowest BCUT2D eigenvalue weighted by Gasteiger charge is -2.15. The first kappa shape index (κ1) is 15.5. The summed E-state index contributed by atoms with van der Waals surface area (Å²) in [7, 11) is 0. The molecule has 1 fully saturated rings. The van der Waals surface area contributed by atoms with E-state index < -0.39 is 0 Å². The topological polar surface area (TPSA) is 21.3 Å². The summed E-state index contributed by atoms with van der Waals surface area (Å²) in [4.78, 5) is 1.23. The minimum absolute atomic E-state index is 0.620. The number of thiophene rings is 1. The summed E-state index contributed by atoms with van der Waals surface area (Å²) in [5.74, 6) is 1.01. The van der Waals surface area contributed by atoms with Gasteiger partial charge in [-0.05, 0) is 65.5 Å². The lowest BCUT2D eigenvalue weighted by Crippen LogP contribution is -2.16. The Morgan fingerprint density at radius 2 is 2.10 bits per heavy atom. The number of halogens is 2. The van der Waals surface area contributed by atoms with Crippen LogP contribution in [0.15, 0.2) is 32.5 Å². The molecule has 3 rings (SSSR count). The summed E-state index contributed by atoms with van der Waals surface area (Å²) in [5, 5.41) is 3.56. The van der Waals surface area contributed by atoms with Crippen molar-refractivity contribution in [3.63, 3.8) is 0 Å². The van der Waals surface area contributed by atoms with Gasteiger partial charge < -0.3 is 10.1 Å². The van der Waals surface area contributed by atoms with Crippen LogP contribution >= 0.6 is 43.2 Å². The van der Waals surface area contributed by atoms with Gasteiger partial charge in [-0.1, -0.05) is 15.9 Å². The van der Waals surface area contributed by atoms with Crippen molar-refractivity contribution in [3.05, 3.63) is 48.5 Å². The summed E-state index contributed by atoms with van der Waals surface area (Å²) in [6.07, 6.45) is 2.60. The first-order chi connectivity index (χ1) is 10.1. The van der Waals surface area contributed by atoms with E-state index in [1.54, 1.807) is 11.3 Å². The van der Waals surface area contributed by atoms with Gasteiger partial charge in [0.15, 0.2) is 0 Å². The van der Waals surface area contributed by atoms with Gasteiger partial charge in [-0.15, -0.1) is 11.3 Å². The van der Waals surface area contributed by atoms with Gasteiger partial charge >= 0.3 is 0 Å². The fourth-order valence-electron chi connectivity index (χ4n) is 2.25. The zero-order valence-corrected chi connectivity index (χ0v) is 15.8. The molecule has 0 saturated heterocycles. The van der Waals surface area contributed by atoms with E-state index in [9.17, 15) is 0 Å². The van der Waals surface area contributed by atoms with E-state index in [1.807, 2.05) is 0 Å². The zero-order valence-electron chi connectivity index (χ0n) is 11.8. The molecule has 2 nitrogen and oxygen atoms in total. The smallest absolute Gasteiger partial charge is 0.127 e. The highest BCUT2D eigenvalue weighted by Gasteiger charge is 2.21. The first-order valence-electron chi connectivity index (χ1n) is 7.01. The van der Waals surface area contributed by atoms with Crippen LogP contribution in [-0.4, -0.2) is 6.04 Å². The van der Waals surface area contributed by atoms with Crippen LogP contribution in [0.5, 0.6) is 5.75 Å². The molecule has 5 heteroatoms. The van der Waals surface area contributed by atoms with Crippen LogP contribution in [0.2, 0.25) is 0 Å². The molecule has 0 bridgehead atoms. The Hall–Kier alpha value is -0.360. The van der Waals surface area contributed by atoms with Crippen molar-refractivity contribution in [2.45, 2.75) is 39.0 Å². The molecule has 1 aliphatic rings. The van der Waals surface area contributed by atoms with E-state index in [2.05, 4.69) is 68.4 Å². The predicted molar refractivity (Wildman–Crippen MR) is 95.1 cm³/mol. The summed E-state index contributed by atoms with van der Waals surface area (Å²) >= 11 is 8.79. The summed E-state index contributed by atoms with van der Waals surface area (Å²) < 4.78 is 8.36. The Labute approximate surface area is 146 Å². The monoisotopic (exact) mass is 429 g/mol. The van der Waals surface area contributed by atoms with Gasteiger partial charge in [0.2, 0.25) is 0 Å². The van der Waals surface area contributed by atoms with Crippen LogP contribution in [0.4, 0.5) is 0 Å². The molecule has 0 atom stereocenters. The minimum atomic E-state index is 0.620. The normalized spacial score (nSPS) is 14.4. The highest BCUT2D eigenvalue weighted by atomic mass is 79.9. The van der Waals surface area contributed by atoms with Crippen molar-refractivity contribution in [1.29, 1.82) is 0 Å². The number of nitrogens with one attached hydrogen (secondary N) is 1. The molecule has 0 aliphatic heterocycles. The van der Waals surface area contributed by atoms with E-state index in [0.717, 1.165) is 20.6 Å². The Balaban J connectivity index is 1.74. The molecule has 1 heterocycles. The van der Waals surface area contributed by atoms with Gasteiger partial charge in [0.25, 0.3) is 0 Å². The maximum atomic E-state index is 6.10. The molecule has 1 aliphatic carbocycles. The van der Waals surface area contributed by atoms with Crippen LogP contribution in [0, 0.1) is 6.92 Å². The van der Waals surface area contributed by atoms with Crippen molar-refractivity contribution in [3.8, 4) is 5.75 Å². The molecule has 0 spiro atoms. The molecule has 112 valence electrons. The Morgan fingerprint density at radius 3 is 2.76 bits per heavy atom. The maximum absolute atomic E-state index is 6.10. The Bertz CT molecular complexity index is 637. The molecule has 0 unspecified atom stereocenters. The fraction of sp³-hybridized carbons (Fsp3) is 0.375. The summed E-state index contributed by atoms with van der Waals surface area (Å²) in [5.41, 5.74) is 2.40. The van der Waals surface area contributed by atoms with E-state index in [4.69, 9.17) is 4.74 Å². The Morgan fingerprint density at radius 1 is 1.29 bits per heavy atom. The van der Waals surface area contributed by atoms with Gasteiger partial charge in [-0.25, -0.2) is 0 Å². The average molecular weight is 431 g/mol. The number of aryl methyl sites for hydroxylation is 1. The van der Waals surface area contributed by atoms with Crippen LogP contribution in [0.25, 0.3) is 0 Å². The molecule has 0 amide bonds. The van der Waals surface area contributed by atoms with Gasteiger partial charge in [0.05, 0.1) is 3.79 Å². The summed E-state index contributed by atoms with van der Waals surface area (Å²) in [6, 6.07) is 9.13. The lowest BCUT2D eigenvalue weighted by atomic mass is 10.1. The average Bonchev–Trinajstić information content (AvgIpc) is 3.17. The number of rotatable bonds is 6. The number of ether oxygens (including phenoxy) is 1. The second kappa shape index (κ2) is 6.82. The zero-order chi connectivity index (χ0) is 14.8. The number of hydrogen-bond donors (Lipinski definition) is 1. The van der Waals surface area contributed by atoms with Crippen LogP contribution in [-0.2, 0) is 13.2 Å². The van der Waals surface area contributed by atoms with Gasteiger partial charge in [0.1, 0.15) is 12.4 Å². The molecule has 21 heavy (non-hydrogen) atoms. The van der Waals surface area contributed by atoms with Crippen LogP contribution < -0.4 is 10.1 Å². The molecular weight excluding hydrogens is 414 g/mol. The third-order valence-corrected chi connectivity index (χ3v) is 5.52. The minimum Gasteiger partial charge on any atom is -0.487 e. The largest absolute Gasteiger partial charge is 0.487 e. The molecule has 0 radical (unpaired) electrons. The maximum Gasteiger partial charge on any atom is 0.127 e. The summed E-state index contributed by atoms with van der Waals surface area (Å²) in [6.45, 7) is 3.59. The quantitative estimate of drug-likeness (QED) is 0.661. The van der Waals surface area contributed by atoms with E-state index in [-0.39, 0.29) is 0 Å². The van der Waals surface area contributed by atoms with Crippen molar-refractivity contribution in [2.75, 3.05) is 0 Å². The van der Waals surface area contributed by atoms with E-state index in [0.29, 0.717) is 12.6 Å². The third kappa shape index (κ3) is 4.31. The van der Waals surface area contributed by atoms with Crippen molar-refractivity contribution in [1.82, 2.24) is 5.32 Å². The lowest BCUT2D eigenvalue weighted by molar-refractivity contribution is 0.303. The van der Waals surface area contributed by atoms with Gasteiger partial charge in [-0.3, -0.25) is 0 Å². The van der Waals surface area contributed by atoms with E-state index in [1.165, 1.54) is 28.8 Å². The highest BCUT2D eigenvalue weighted by molar-refractivity contribution is 9.11. The highest BCUT2D eigenvalue weighted by Crippen LogP contribution is 2.31. The molecule has 1 aromatic carbocycles. The van der Waals surface area contributed by atoms with Gasteiger partial charge in [0, 0.05) is 27.5 Å². The van der Waals surface area contributed by atoms with Crippen molar-refractivity contribution in [2.24, 2.45) is 0 Å². The molecule has 1 aromatic heterocycles. The number of benzene rings is 1. The fourth-order valence-corrected chi connectivity index (χ4v) is 4.27. The Kier molecular flexibility index (Phi) is 5.04. The van der Waals surface area contributed by atoms with Gasteiger partial charge in [-0.2, -0.15) is 0 Å². The second-order valence-corrected chi connectivity index (χ2v) is 8.82. The van der Waals surface area contributed by atoms with Crippen LogP contribution in [0.1, 0.15) is 28.8 Å².